The van der Waals surface area contributed by atoms with Gasteiger partial charge in [-0.05, 0) is 34.1 Å². The number of rotatable bonds is 4. The van der Waals surface area contributed by atoms with Crippen molar-refractivity contribution in [3.05, 3.63) is 40.1 Å². The molecule has 6 heteroatoms. The lowest BCUT2D eigenvalue weighted by Gasteiger charge is -2.16. The van der Waals surface area contributed by atoms with Crippen molar-refractivity contribution in [2.45, 2.75) is 6.10 Å². The van der Waals surface area contributed by atoms with Crippen molar-refractivity contribution in [1.29, 1.82) is 0 Å². The molecule has 0 aliphatic heterocycles. The van der Waals surface area contributed by atoms with E-state index in [1.807, 2.05) is 0 Å². The van der Waals surface area contributed by atoms with Crippen LogP contribution in [0, 0.1) is 0 Å². The Hall–Kier alpha value is -1.53. The van der Waals surface area contributed by atoms with E-state index in [-0.39, 0.29) is 0 Å². The Kier molecular flexibility index (Phi) is 4.11. The molecule has 0 saturated heterocycles. The second-order valence-electron chi connectivity index (χ2n) is 4.02. The van der Waals surface area contributed by atoms with E-state index in [0.717, 1.165) is 0 Å². The number of aryl methyl sites for hydroxylation is 1. The number of aromatic nitrogens is 2. The lowest BCUT2D eigenvalue weighted by Crippen LogP contribution is -2.05. The summed E-state index contributed by atoms with van der Waals surface area (Å²) in [6, 6.07) is 5.30. The Balaban J connectivity index is 2.47. The van der Waals surface area contributed by atoms with E-state index in [4.69, 9.17) is 9.47 Å². The predicted octanol–water partition coefficient (Wildman–Crippen LogP) is 2.28. The molecule has 0 radical (unpaired) electrons. The molecule has 0 amide bonds. The Morgan fingerprint density at radius 3 is 2.53 bits per heavy atom. The average Bonchev–Trinajstić information content (AvgIpc) is 2.84. The number of halogens is 1. The van der Waals surface area contributed by atoms with Gasteiger partial charge in [0.2, 0.25) is 0 Å². The van der Waals surface area contributed by atoms with Crippen molar-refractivity contribution in [3.63, 3.8) is 0 Å². The van der Waals surface area contributed by atoms with Gasteiger partial charge in [-0.25, -0.2) is 0 Å². The summed E-state index contributed by atoms with van der Waals surface area (Å²) >= 11 is 3.41. The van der Waals surface area contributed by atoms with E-state index >= 15 is 0 Å². The summed E-state index contributed by atoms with van der Waals surface area (Å²) in [7, 11) is 4.93. The van der Waals surface area contributed by atoms with Crippen LogP contribution in [-0.4, -0.2) is 29.1 Å². The van der Waals surface area contributed by atoms with Crippen LogP contribution in [0.1, 0.15) is 17.4 Å². The summed E-state index contributed by atoms with van der Waals surface area (Å²) in [4.78, 5) is 0. The van der Waals surface area contributed by atoms with Gasteiger partial charge >= 0.3 is 0 Å². The molecule has 1 N–H and O–H groups in total. The maximum Gasteiger partial charge on any atom is 0.143 e. The first-order chi connectivity index (χ1) is 9.08. The SMILES string of the molecule is COc1ccc(C(O)c2ccn(C)n2)c(OC)c1Br. The van der Waals surface area contributed by atoms with E-state index in [0.29, 0.717) is 27.2 Å². The summed E-state index contributed by atoms with van der Waals surface area (Å²) in [6.07, 6.45) is 0.933. The first-order valence-corrected chi connectivity index (χ1v) is 6.45. The van der Waals surface area contributed by atoms with Crippen molar-refractivity contribution in [2.75, 3.05) is 14.2 Å². The van der Waals surface area contributed by atoms with Crippen LogP contribution in [0.15, 0.2) is 28.9 Å². The van der Waals surface area contributed by atoms with Gasteiger partial charge in [0.1, 0.15) is 22.1 Å². The van der Waals surface area contributed by atoms with Crippen LogP contribution in [0.3, 0.4) is 0 Å². The number of hydrogen-bond acceptors (Lipinski definition) is 4. The third kappa shape index (κ3) is 2.59. The molecular formula is C13H15BrN2O3. The van der Waals surface area contributed by atoms with Crippen LogP contribution in [0.4, 0.5) is 0 Å². The highest BCUT2D eigenvalue weighted by atomic mass is 79.9. The van der Waals surface area contributed by atoms with Crippen LogP contribution in [-0.2, 0) is 7.05 Å². The maximum atomic E-state index is 10.4. The molecule has 19 heavy (non-hydrogen) atoms. The maximum absolute atomic E-state index is 10.4. The Morgan fingerprint density at radius 1 is 1.26 bits per heavy atom. The number of benzene rings is 1. The van der Waals surface area contributed by atoms with Gasteiger partial charge in [0.25, 0.3) is 0 Å². The number of ether oxygens (including phenoxy) is 2. The van der Waals surface area contributed by atoms with E-state index in [1.165, 1.54) is 0 Å². The zero-order valence-corrected chi connectivity index (χ0v) is 12.5. The predicted molar refractivity (Wildman–Crippen MR) is 74.5 cm³/mol. The smallest absolute Gasteiger partial charge is 0.143 e. The van der Waals surface area contributed by atoms with Crippen molar-refractivity contribution < 1.29 is 14.6 Å². The molecule has 1 aromatic heterocycles. The fraction of sp³-hybridized carbons (Fsp3) is 0.308. The molecule has 0 saturated carbocycles. The van der Waals surface area contributed by atoms with Crippen LogP contribution in [0.2, 0.25) is 0 Å². The van der Waals surface area contributed by atoms with Gasteiger partial charge in [0.05, 0.1) is 19.9 Å². The van der Waals surface area contributed by atoms with Crippen LogP contribution in [0.5, 0.6) is 11.5 Å². The van der Waals surface area contributed by atoms with Gasteiger partial charge in [0, 0.05) is 18.8 Å². The molecule has 2 rings (SSSR count). The summed E-state index contributed by atoms with van der Waals surface area (Å²) in [5.41, 5.74) is 1.20. The second-order valence-corrected chi connectivity index (χ2v) is 4.81. The van der Waals surface area contributed by atoms with Crippen LogP contribution in [0.25, 0.3) is 0 Å². The number of hydrogen-bond donors (Lipinski definition) is 1. The van der Waals surface area contributed by atoms with Crippen molar-refractivity contribution >= 4 is 15.9 Å². The molecular weight excluding hydrogens is 312 g/mol. The Bertz CT molecular complexity index is 583. The van der Waals surface area contributed by atoms with Crippen molar-refractivity contribution in [3.8, 4) is 11.5 Å². The zero-order valence-electron chi connectivity index (χ0n) is 10.9. The number of aliphatic hydroxyl groups is 1. The lowest BCUT2D eigenvalue weighted by molar-refractivity contribution is 0.208. The van der Waals surface area contributed by atoms with Crippen LogP contribution >= 0.6 is 15.9 Å². The van der Waals surface area contributed by atoms with Gasteiger partial charge < -0.3 is 14.6 Å². The monoisotopic (exact) mass is 326 g/mol. The van der Waals surface area contributed by atoms with Gasteiger partial charge in [0.15, 0.2) is 0 Å². The molecule has 5 nitrogen and oxygen atoms in total. The van der Waals surface area contributed by atoms with Crippen LogP contribution < -0.4 is 9.47 Å². The zero-order chi connectivity index (χ0) is 14.0. The van der Waals surface area contributed by atoms with E-state index in [2.05, 4.69) is 21.0 Å². The van der Waals surface area contributed by atoms with E-state index in [1.54, 1.807) is 50.3 Å². The molecule has 2 aromatic rings. The molecule has 1 aromatic carbocycles. The van der Waals surface area contributed by atoms with Crippen molar-refractivity contribution in [2.24, 2.45) is 7.05 Å². The molecule has 1 heterocycles. The minimum Gasteiger partial charge on any atom is -0.495 e. The van der Waals surface area contributed by atoms with Gasteiger partial charge in [-0.2, -0.15) is 5.10 Å². The fourth-order valence-electron chi connectivity index (χ4n) is 1.87. The van der Waals surface area contributed by atoms with Gasteiger partial charge in [-0.1, -0.05) is 0 Å². The number of methoxy groups -OCH3 is 2. The van der Waals surface area contributed by atoms with Crippen molar-refractivity contribution in [1.82, 2.24) is 9.78 Å². The van der Waals surface area contributed by atoms with E-state index in [9.17, 15) is 5.11 Å². The average molecular weight is 327 g/mol. The van der Waals surface area contributed by atoms with Gasteiger partial charge in [-0.15, -0.1) is 0 Å². The molecule has 0 aliphatic rings. The summed E-state index contributed by atoms with van der Waals surface area (Å²) in [5.74, 6) is 1.19. The first-order valence-electron chi connectivity index (χ1n) is 5.66. The fourth-order valence-corrected chi connectivity index (χ4v) is 2.56. The molecule has 0 bridgehead atoms. The standard InChI is InChI=1S/C13H15BrN2O3/c1-16-7-6-9(15-16)12(17)8-4-5-10(18-2)11(14)13(8)19-3/h4-7,12,17H,1-3H3. The largest absolute Gasteiger partial charge is 0.495 e. The van der Waals surface area contributed by atoms with Gasteiger partial charge in [-0.3, -0.25) is 4.68 Å². The molecule has 0 spiro atoms. The highest BCUT2D eigenvalue weighted by Gasteiger charge is 2.21. The normalized spacial score (nSPS) is 12.3. The minimum atomic E-state index is -0.849. The summed E-state index contributed by atoms with van der Waals surface area (Å²) in [5, 5.41) is 14.6. The third-order valence-corrected chi connectivity index (χ3v) is 3.58. The quantitative estimate of drug-likeness (QED) is 0.936. The second kappa shape index (κ2) is 5.63. The highest BCUT2D eigenvalue weighted by molar-refractivity contribution is 9.10. The first kappa shape index (κ1) is 13.9. The number of aliphatic hydroxyl groups excluding tert-OH is 1. The molecule has 0 aliphatic carbocycles. The molecule has 1 atom stereocenters. The molecule has 0 fully saturated rings. The topological polar surface area (TPSA) is 56.5 Å². The summed E-state index contributed by atoms with van der Waals surface area (Å²) < 4.78 is 12.9. The Labute approximate surface area is 119 Å². The lowest BCUT2D eigenvalue weighted by atomic mass is 10.1. The summed E-state index contributed by atoms with van der Waals surface area (Å²) in [6.45, 7) is 0. The van der Waals surface area contributed by atoms with E-state index < -0.39 is 6.10 Å². The molecule has 1 unspecified atom stereocenters. The third-order valence-electron chi connectivity index (χ3n) is 2.83. The highest BCUT2D eigenvalue weighted by Crippen LogP contribution is 2.40. The Morgan fingerprint density at radius 2 is 2.00 bits per heavy atom. The number of nitrogens with zero attached hydrogens (tertiary/aromatic N) is 2. The minimum absolute atomic E-state index is 0.539. The molecule has 102 valence electrons.